The van der Waals surface area contributed by atoms with E-state index in [2.05, 4.69) is 10.4 Å². The summed E-state index contributed by atoms with van der Waals surface area (Å²) in [5.74, 6) is -0.203. The van der Waals surface area contributed by atoms with E-state index in [1.165, 1.54) is 0 Å². The van der Waals surface area contributed by atoms with Crippen molar-refractivity contribution < 1.29 is 9.90 Å². The summed E-state index contributed by atoms with van der Waals surface area (Å²) < 4.78 is 1.55. The van der Waals surface area contributed by atoms with E-state index in [0.29, 0.717) is 5.69 Å². The quantitative estimate of drug-likeness (QED) is 0.742. The fraction of sp³-hybridized carbons (Fsp3) is 0.600. The Morgan fingerprint density at radius 1 is 1.73 bits per heavy atom. The van der Waals surface area contributed by atoms with Gasteiger partial charge in [-0.05, 0) is 19.4 Å². The molecule has 0 bridgehead atoms. The third kappa shape index (κ3) is 3.06. The number of rotatable bonds is 4. The van der Waals surface area contributed by atoms with Crippen LogP contribution < -0.4 is 5.32 Å². The lowest BCUT2D eigenvalue weighted by molar-refractivity contribution is 0.0914. The number of aliphatic hydroxyl groups excluding tert-OH is 1. The molecule has 2 N–H and O–H groups in total. The molecule has 1 heterocycles. The molecular weight excluding hydrogens is 194 g/mol. The summed E-state index contributed by atoms with van der Waals surface area (Å²) in [6.07, 6.45) is 0.269. The molecule has 84 valence electrons. The second-order valence-electron chi connectivity index (χ2n) is 3.56. The Balaban J connectivity index is 2.68. The molecule has 5 heteroatoms. The number of carbonyl (C=O) groups excluding carboxylic acids is 1. The maximum atomic E-state index is 11.6. The second-order valence-corrected chi connectivity index (χ2v) is 3.56. The zero-order chi connectivity index (χ0) is 11.4. The molecule has 5 nitrogen and oxygen atoms in total. The van der Waals surface area contributed by atoms with Gasteiger partial charge in [0.1, 0.15) is 5.69 Å². The molecule has 0 saturated heterocycles. The van der Waals surface area contributed by atoms with Crippen molar-refractivity contribution in [3.05, 3.63) is 17.5 Å². The van der Waals surface area contributed by atoms with Crippen LogP contribution in [0.15, 0.2) is 6.07 Å². The normalized spacial score (nSPS) is 12.5. The third-order valence-corrected chi connectivity index (χ3v) is 2.08. The maximum absolute atomic E-state index is 11.6. The van der Waals surface area contributed by atoms with Crippen molar-refractivity contribution in [1.82, 2.24) is 15.1 Å². The van der Waals surface area contributed by atoms with E-state index in [4.69, 9.17) is 5.11 Å². The summed E-state index contributed by atoms with van der Waals surface area (Å²) in [6, 6.07) is 1.76. The van der Waals surface area contributed by atoms with Crippen LogP contribution in [0.2, 0.25) is 0 Å². The van der Waals surface area contributed by atoms with Crippen LogP contribution >= 0.6 is 0 Å². The molecule has 0 aliphatic heterocycles. The van der Waals surface area contributed by atoms with Crippen LogP contribution in [0.5, 0.6) is 0 Å². The van der Waals surface area contributed by atoms with Gasteiger partial charge in [0.25, 0.3) is 5.91 Å². The molecule has 1 aromatic rings. The Morgan fingerprint density at radius 2 is 2.40 bits per heavy atom. The molecule has 0 aliphatic rings. The van der Waals surface area contributed by atoms with Gasteiger partial charge in [-0.1, -0.05) is 6.92 Å². The van der Waals surface area contributed by atoms with Gasteiger partial charge in [-0.2, -0.15) is 5.10 Å². The minimum atomic E-state index is -0.534. The number of hydrogen-bond donors (Lipinski definition) is 2. The second kappa shape index (κ2) is 4.93. The summed E-state index contributed by atoms with van der Waals surface area (Å²) in [7, 11) is 1.73. The van der Waals surface area contributed by atoms with Crippen molar-refractivity contribution in [3.8, 4) is 0 Å². The van der Waals surface area contributed by atoms with Crippen LogP contribution in [0.4, 0.5) is 0 Å². The van der Waals surface area contributed by atoms with Gasteiger partial charge in [0.15, 0.2) is 0 Å². The van der Waals surface area contributed by atoms with Crippen LogP contribution in [-0.2, 0) is 13.5 Å². The number of nitrogens with zero attached hydrogens (tertiary/aromatic N) is 2. The molecule has 0 saturated carbocycles. The average molecular weight is 211 g/mol. The van der Waals surface area contributed by atoms with Crippen LogP contribution in [0.25, 0.3) is 0 Å². The zero-order valence-corrected chi connectivity index (χ0v) is 9.32. The number of aromatic nitrogens is 2. The molecule has 1 rings (SSSR count). The summed E-state index contributed by atoms with van der Waals surface area (Å²) in [6.45, 7) is 3.87. The van der Waals surface area contributed by atoms with Gasteiger partial charge in [-0.3, -0.25) is 9.48 Å². The van der Waals surface area contributed by atoms with Crippen molar-refractivity contribution >= 4 is 5.91 Å². The SMILES string of the molecule is CCc1cc(C(=O)NCC(C)O)n(C)n1. The average Bonchev–Trinajstić information content (AvgIpc) is 2.56. The van der Waals surface area contributed by atoms with E-state index in [1.807, 2.05) is 6.92 Å². The van der Waals surface area contributed by atoms with Gasteiger partial charge in [-0.15, -0.1) is 0 Å². The highest BCUT2D eigenvalue weighted by molar-refractivity contribution is 5.92. The van der Waals surface area contributed by atoms with Gasteiger partial charge >= 0.3 is 0 Å². The fourth-order valence-corrected chi connectivity index (χ4v) is 1.24. The van der Waals surface area contributed by atoms with Crippen LogP contribution in [0.3, 0.4) is 0 Å². The monoisotopic (exact) mass is 211 g/mol. The van der Waals surface area contributed by atoms with Crippen molar-refractivity contribution in [2.24, 2.45) is 7.05 Å². The van der Waals surface area contributed by atoms with Gasteiger partial charge in [0.2, 0.25) is 0 Å². The summed E-state index contributed by atoms with van der Waals surface area (Å²) >= 11 is 0. The molecule has 0 aromatic carbocycles. The Bertz CT molecular complexity index is 344. The summed E-state index contributed by atoms with van der Waals surface area (Å²) in [5.41, 5.74) is 1.41. The summed E-state index contributed by atoms with van der Waals surface area (Å²) in [4.78, 5) is 11.6. The molecular formula is C10H17N3O2. The number of carbonyl (C=O) groups is 1. The van der Waals surface area contributed by atoms with E-state index < -0.39 is 6.10 Å². The smallest absolute Gasteiger partial charge is 0.269 e. The number of nitrogens with one attached hydrogen (secondary N) is 1. The van der Waals surface area contributed by atoms with Crippen molar-refractivity contribution in [1.29, 1.82) is 0 Å². The first kappa shape index (κ1) is 11.7. The standard InChI is InChI=1S/C10H17N3O2/c1-4-8-5-9(13(3)12-8)10(15)11-6-7(2)14/h5,7,14H,4,6H2,1-3H3,(H,11,15). The van der Waals surface area contributed by atoms with Gasteiger partial charge in [-0.25, -0.2) is 0 Å². The van der Waals surface area contributed by atoms with Crippen molar-refractivity contribution in [3.63, 3.8) is 0 Å². The molecule has 1 unspecified atom stereocenters. The lowest BCUT2D eigenvalue weighted by Crippen LogP contribution is -2.31. The highest BCUT2D eigenvalue weighted by Crippen LogP contribution is 2.03. The molecule has 0 fully saturated rings. The third-order valence-electron chi connectivity index (χ3n) is 2.08. The molecule has 15 heavy (non-hydrogen) atoms. The number of aryl methyl sites for hydroxylation is 2. The molecule has 1 aromatic heterocycles. The number of amides is 1. The Hall–Kier alpha value is -1.36. The minimum absolute atomic E-state index is 0.203. The minimum Gasteiger partial charge on any atom is -0.392 e. The summed E-state index contributed by atoms with van der Waals surface area (Å²) in [5, 5.41) is 15.8. The molecule has 0 spiro atoms. The van der Waals surface area contributed by atoms with Gasteiger partial charge < -0.3 is 10.4 Å². The predicted octanol–water partition coefficient (Wildman–Crippen LogP) is 0.0931. The first-order valence-corrected chi connectivity index (χ1v) is 5.03. The molecule has 1 atom stereocenters. The van der Waals surface area contributed by atoms with Crippen LogP contribution in [-0.4, -0.2) is 33.4 Å². The molecule has 0 radical (unpaired) electrons. The topological polar surface area (TPSA) is 67.2 Å². The molecule has 0 aliphatic carbocycles. The predicted molar refractivity (Wildman–Crippen MR) is 56.6 cm³/mol. The largest absolute Gasteiger partial charge is 0.392 e. The highest BCUT2D eigenvalue weighted by Gasteiger charge is 2.12. The first-order valence-electron chi connectivity index (χ1n) is 5.03. The maximum Gasteiger partial charge on any atom is 0.269 e. The first-order chi connectivity index (χ1) is 7.04. The van der Waals surface area contributed by atoms with E-state index in [-0.39, 0.29) is 12.5 Å². The number of aliphatic hydroxyl groups is 1. The molecule has 1 amide bonds. The Kier molecular flexibility index (Phi) is 3.85. The van der Waals surface area contributed by atoms with Crippen molar-refractivity contribution in [2.45, 2.75) is 26.4 Å². The number of hydrogen-bond acceptors (Lipinski definition) is 3. The lowest BCUT2D eigenvalue weighted by Gasteiger charge is -2.06. The van der Waals surface area contributed by atoms with Crippen LogP contribution in [0, 0.1) is 0 Å². The highest BCUT2D eigenvalue weighted by atomic mass is 16.3. The van der Waals surface area contributed by atoms with E-state index >= 15 is 0 Å². The lowest BCUT2D eigenvalue weighted by atomic mass is 10.3. The Labute approximate surface area is 89.1 Å². The van der Waals surface area contributed by atoms with Gasteiger partial charge in [0.05, 0.1) is 11.8 Å². The fourth-order valence-electron chi connectivity index (χ4n) is 1.24. The Morgan fingerprint density at radius 3 is 2.87 bits per heavy atom. The van der Waals surface area contributed by atoms with Gasteiger partial charge in [0, 0.05) is 13.6 Å². The van der Waals surface area contributed by atoms with E-state index in [9.17, 15) is 4.79 Å². The van der Waals surface area contributed by atoms with E-state index in [1.54, 1.807) is 24.7 Å². The van der Waals surface area contributed by atoms with Crippen molar-refractivity contribution in [2.75, 3.05) is 6.54 Å². The van der Waals surface area contributed by atoms with Crippen LogP contribution in [0.1, 0.15) is 30.0 Å². The zero-order valence-electron chi connectivity index (χ0n) is 9.32. The van der Waals surface area contributed by atoms with E-state index in [0.717, 1.165) is 12.1 Å².